The average Bonchev–Trinajstić information content (AvgIpc) is 3.03. The first-order valence-corrected chi connectivity index (χ1v) is 8.93. The summed E-state index contributed by atoms with van der Waals surface area (Å²) < 4.78 is 0. The van der Waals surface area contributed by atoms with Gasteiger partial charge < -0.3 is 15.6 Å². The van der Waals surface area contributed by atoms with E-state index >= 15 is 0 Å². The minimum Gasteiger partial charge on any atom is -0.355 e. The number of carbonyl (C=O) groups excluding carboxylic acids is 2. The van der Waals surface area contributed by atoms with Gasteiger partial charge in [0.05, 0.1) is 5.02 Å². The van der Waals surface area contributed by atoms with Crippen molar-refractivity contribution in [3.05, 3.63) is 69.3 Å². The second-order valence-electron chi connectivity index (χ2n) is 5.81. The monoisotopic (exact) mass is 401 g/mol. The lowest BCUT2D eigenvalue weighted by Crippen LogP contribution is -2.20. The molecule has 1 heterocycles. The van der Waals surface area contributed by atoms with Gasteiger partial charge in [-0.15, -0.1) is 0 Å². The molecule has 0 fully saturated rings. The van der Waals surface area contributed by atoms with Crippen LogP contribution in [0.15, 0.2) is 42.5 Å². The molecule has 1 aromatic heterocycles. The van der Waals surface area contributed by atoms with Crippen molar-refractivity contribution in [1.29, 1.82) is 0 Å². The van der Waals surface area contributed by atoms with Gasteiger partial charge in [0, 0.05) is 41.2 Å². The van der Waals surface area contributed by atoms with Crippen LogP contribution in [-0.4, -0.2) is 30.9 Å². The maximum absolute atomic E-state index is 12.5. The third-order valence-corrected chi connectivity index (χ3v) is 4.67. The van der Waals surface area contributed by atoms with Crippen LogP contribution >= 0.6 is 23.2 Å². The molecule has 0 unspecified atom stereocenters. The zero-order valence-electron chi connectivity index (χ0n) is 14.7. The minimum absolute atomic E-state index is 0.275. The Hall–Kier alpha value is -2.76. The minimum atomic E-state index is -0.325. The van der Waals surface area contributed by atoms with Gasteiger partial charge in [0.1, 0.15) is 5.69 Å². The number of halogens is 2. The number of H-pyrrole nitrogens is 1. The van der Waals surface area contributed by atoms with E-state index in [9.17, 15) is 9.59 Å². The van der Waals surface area contributed by atoms with E-state index in [1.54, 1.807) is 25.3 Å². The summed E-state index contributed by atoms with van der Waals surface area (Å²) in [6.45, 7) is 0. The highest BCUT2D eigenvalue weighted by Crippen LogP contribution is 2.35. The molecule has 0 aliphatic carbocycles. The van der Waals surface area contributed by atoms with Crippen molar-refractivity contribution in [3.8, 4) is 0 Å². The fourth-order valence-electron chi connectivity index (χ4n) is 2.90. The van der Waals surface area contributed by atoms with Crippen LogP contribution in [0.3, 0.4) is 0 Å². The molecule has 138 valence electrons. The first-order valence-electron chi connectivity index (χ1n) is 8.18. The van der Waals surface area contributed by atoms with Crippen LogP contribution < -0.4 is 10.6 Å². The van der Waals surface area contributed by atoms with Gasteiger partial charge in [-0.2, -0.15) is 0 Å². The molecule has 0 aliphatic heterocycles. The lowest BCUT2D eigenvalue weighted by atomic mass is 10.00. The van der Waals surface area contributed by atoms with E-state index in [1.807, 2.05) is 30.3 Å². The summed E-state index contributed by atoms with van der Waals surface area (Å²) >= 11 is 12.5. The Morgan fingerprint density at radius 3 is 2.37 bits per heavy atom. The van der Waals surface area contributed by atoms with Crippen molar-refractivity contribution >= 4 is 57.6 Å². The molecule has 27 heavy (non-hydrogen) atoms. The largest absolute Gasteiger partial charge is 0.355 e. The molecule has 3 rings (SSSR count). The predicted octanol–water partition coefficient (Wildman–Crippen LogP) is 4.12. The van der Waals surface area contributed by atoms with Gasteiger partial charge >= 0.3 is 0 Å². The molecule has 0 spiro atoms. The number of carbonyl (C=O) groups is 2. The molecule has 7 heteroatoms. The highest BCUT2D eigenvalue weighted by molar-refractivity contribution is 6.39. The number of nitrogens with one attached hydrogen (secondary N) is 3. The number of benzene rings is 2. The lowest BCUT2D eigenvalue weighted by Gasteiger charge is -2.08. The Bertz CT molecular complexity index is 1060. The van der Waals surface area contributed by atoms with Crippen molar-refractivity contribution in [3.63, 3.8) is 0 Å². The fourth-order valence-corrected chi connectivity index (χ4v) is 3.49. The Balaban J connectivity index is 2.35. The molecule has 0 saturated heterocycles. The molecule has 0 saturated carbocycles. The number of hydrogen-bond donors (Lipinski definition) is 3. The smallest absolute Gasteiger partial charge is 0.268 e. The maximum atomic E-state index is 12.5. The second-order valence-corrected chi connectivity index (χ2v) is 6.65. The van der Waals surface area contributed by atoms with Crippen molar-refractivity contribution < 1.29 is 9.59 Å². The molecule has 0 aliphatic rings. The Labute approximate surface area is 166 Å². The first-order chi connectivity index (χ1) is 13.0. The molecule has 2 amide bonds. The summed E-state index contributed by atoms with van der Waals surface area (Å²) in [7, 11) is 3.09. The zero-order valence-corrected chi connectivity index (χ0v) is 16.2. The molecule has 0 atom stereocenters. The van der Waals surface area contributed by atoms with Gasteiger partial charge in [-0.3, -0.25) is 9.59 Å². The predicted molar refractivity (Wildman–Crippen MR) is 110 cm³/mol. The standard InChI is InChI=1S/C20H17Cl2N3O2/c1-23-19(26)13(11-6-4-3-5-7-11)10-14-17-15(22)8-12(21)9-16(17)25-18(14)20(27)24-2/h3-10,25H,1-2H3,(H,23,26)(H,24,27). The van der Waals surface area contributed by atoms with E-state index in [-0.39, 0.29) is 11.8 Å². The van der Waals surface area contributed by atoms with Gasteiger partial charge in [0.2, 0.25) is 0 Å². The summed E-state index contributed by atoms with van der Waals surface area (Å²) in [4.78, 5) is 28.0. The number of hydrogen-bond acceptors (Lipinski definition) is 2. The van der Waals surface area contributed by atoms with E-state index in [4.69, 9.17) is 23.2 Å². The Morgan fingerprint density at radius 1 is 1.04 bits per heavy atom. The number of fused-ring (bicyclic) bond motifs is 1. The van der Waals surface area contributed by atoms with Crippen LogP contribution in [0.2, 0.25) is 10.0 Å². The van der Waals surface area contributed by atoms with Gasteiger partial charge in [-0.1, -0.05) is 53.5 Å². The topological polar surface area (TPSA) is 74.0 Å². The van der Waals surface area contributed by atoms with E-state index in [1.165, 1.54) is 7.05 Å². The van der Waals surface area contributed by atoms with Gasteiger partial charge in [-0.25, -0.2) is 0 Å². The van der Waals surface area contributed by atoms with Crippen LogP contribution in [0.5, 0.6) is 0 Å². The summed E-state index contributed by atoms with van der Waals surface area (Å²) in [6, 6.07) is 12.5. The summed E-state index contributed by atoms with van der Waals surface area (Å²) in [5.74, 6) is -0.600. The van der Waals surface area contributed by atoms with Crippen molar-refractivity contribution in [2.75, 3.05) is 14.1 Å². The van der Waals surface area contributed by atoms with E-state index in [2.05, 4.69) is 15.6 Å². The molecule has 5 nitrogen and oxygen atoms in total. The number of aromatic nitrogens is 1. The maximum Gasteiger partial charge on any atom is 0.268 e. The molecule has 3 aromatic rings. The third-order valence-electron chi connectivity index (χ3n) is 4.15. The Morgan fingerprint density at radius 2 is 1.74 bits per heavy atom. The van der Waals surface area contributed by atoms with Crippen LogP contribution in [0.4, 0.5) is 0 Å². The van der Waals surface area contributed by atoms with E-state index < -0.39 is 0 Å². The number of aromatic amines is 1. The van der Waals surface area contributed by atoms with Gasteiger partial charge in [0.15, 0.2) is 0 Å². The highest BCUT2D eigenvalue weighted by atomic mass is 35.5. The van der Waals surface area contributed by atoms with Gasteiger partial charge in [-0.05, 0) is 23.8 Å². The molecular formula is C20H17Cl2N3O2. The van der Waals surface area contributed by atoms with E-state index in [0.29, 0.717) is 37.8 Å². The molecule has 3 N–H and O–H groups in total. The van der Waals surface area contributed by atoms with Crippen molar-refractivity contribution in [1.82, 2.24) is 15.6 Å². The average molecular weight is 402 g/mol. The molecule has 0 radical (unpaired) electrons. The third kappa shape index (κ3) is 3.70. The number of likely N-dealkylation sites (N-methyl/N-ethyl adjacent to an activating group) is 1. The SMILES string of the molecule is CNC(=O)C(=Cc1c(C(=O)NC)[nH]c2cc(Cl)cc(Cl)c12)c1ccccc1. The summed E-state index contributed by atoms with van der Waals surface area (Å²) in [6.07, 6.45) is 1.66. The van der Waals surface area contributed by atoms with E-state index in [0.717, 1.165) is 5.56 Å². The summed E-state index contributed by atoms with van der Waals surface area (Å²) in [5.41, 5.74) is 2.57. The van der Waals surface area contributed by atoms with Crippen molar-refractivity contribution in [2.24, 2.45) is 0 Å². The fraction of sp³-hybridized carbons (Fsp3) is 0.100. The van der Waals surface area contributed by atoms with Crippen LogP contribution in [0.25, 0.3) is 22.6 Å². The first kappa shape index (κ1) is 19.0. The lowest BCUT2D eigenvalue weighted by molar-refractivity contribution is -0.115. The quantitative estimate of drug-likeness (QED) is 0.575. The molecule has 0 bridgehead atoms. The van der Waals surface area contributed by atoms with Crippen molar-refractivity contribution in [2.45, 2.75) is 0 Å². The summed E-state index contributed by atoms with van der Waals surface area (Å²) in [5, 5.41) is 6.69. The number of rotatable bonds is 4. The second kappa shape index (κ2) is 7.86. The number of amides is 2. The zero-order chi connectivity index (χ0) is 19.6. The Kier molecular flexibility index (Phi) is 5.54. The molecule has 2 aromatic carbocycles. The highest BCUT2D eigenvalue weighted by Gasteiger charge is 2.20. The van der Waals surface area contributed by atoms with Crippen LogP contribution in [-0.2, 0) is 4.79 Å². The van der Waals surface area contributed by atoms with Crippen LogP contribution in [0, 0.1) is 0 Å². The van der Waals surface area contributed by atoms with Gasteiger partial charge in [0.25, 0.3) is 11.8 Å². The van der Waals surface area contributed by atoms with Crippen LogP contribution in [0.1, 0.15) is 21.6 Å². The molecular weight excluding hydrogens is 385 g/mol. The normalized spacial score (nSPS) is 11.5.